The minimum Gasteiger partial charge on any atom is -0.342 e. The maximum Gasteiger partial charge on any atom is 0.323 e. The number of hydrogen-bond donors (Lipinski definition) is 1. The minimum atomic E-state index is -0.128. The van der Waals surface area contributed by atoms with Gasteiger partial charge in [-0.05, 0) is 32.1 Å². The van der Waals surface area contributed by atoms with Gasteiger partial charge in [0.25, 0.3) is 0 Å². The Kier molecular flexibility index (Phi) is 5.94. The summed E-state index contributed by atoms with van der Waals surface area (Å²) in [5, 5.41) is 7.23. The third-order valence-corrected chi connectivity index (χ3v) is 5.15. The highest BCUT2D eigenvalue weighted by Crippen LogP contribution is 2.22. The van der Waals surface area contributed by atoms with Crippen LogP contribution >= 0.6 is 0 Å². The molecule has 3 rings (SSSR count). The standard InChI is InChI=1S/C18H29N5O2/c1-2-3-13-23-16(8-9-19-23)20-18(25)22-12-6-7-15(14-22)17(24)21-10-4-5-11-21/h8-9,15H,2-7,10-14H2,1H3,(H,20,25)/t15-/m0/s1. The van der Waals surface area contributed by atoms with Crippen molar-refractivity contribution < 1.29 is 9.59 Å². The van der Waals surface area contributed by atoms with Crippen LogP contribution in [0.5, 0.6) is 0 Å². The zero-order valence-electron chi connectivity index (χ0n) is 15.1. The number of unbranched alkanes of at least 4 members (excludes halogenated alkanes) is 1. The Balaban J connectivity index is 1.56. The molecule has 2 fully saturated rings. The average Bonchev–Trinajstić information content (AvgIpc) is 3.31. The maximum atomic E-state index is 12.6. The van der Waals surface area contributed by atoms with Crippen molar-refractivity contribution in [3.8, 4) is 0 Å². The van der Waals surface area contributed by atoms with Gasteiger partial charge in [0.15, 0.2) is 0 Å². The molecule has 0 aliphatic carbocycles. The number of aryl methyl sites for hydroxylation is 1. The van der Waals surface area contributed by atoms with Gasteiger partial charge in [-0.1, -0.05) is 13.3 Å². The lowest BCUT2D eigenvalue weighted by molar-refractivity contribution is -0.135. The highest BCUT2D eigenvalue weighted by molar-refractivity contribution is 5.89. The second kappa shape index (κ2) is 8.36. The molecule has 138 valence electrons. The summed E-state index contributed by atoms with van der Waals surface area (Å²) >= 11 is 0. The lowest BCUT2D eigenvalue weighted by atomic mass is 9.97. The monoisotopic (exact) mass is 347 g/mol. The van der Waals surface area contributed by atoms with Crippen LogP contribution in [0.4, 0.5) is 10.6 Å². The van der Waals surface area contributed by atoms with E-state index in [1.54, 1.807) is 11.1 Å². The van der Waals surface area contributed by atoms with E-state index < -0.39 is 0 Å². The van der Waals surface area contributed by atoms with E-state index in [1.165, 1.54) is 0 Å². The number of carbonyl (C=O) groups is 2. The quantitative estimate of drug-likeness (QED) is 0.890. The summed E-state index contributed by atoms with van der Waals surface area (Å²) in [5.74, 6) is 0.900. The summed E-state index contributed by atoms with van der Waals surface area (Å²) in [6.45, 7) is 5.90. The molecule has 1 N–H and O–H groups in total. The summed E-state index contributed by atoms with van der Waals surface area (Å²) < 4.78 is 1.83. The smallest absolute Gasteiger partial charge is 0.323 e. The zero-order valence-corrected chi connectivity index (χ0v) is 15.1. The third kappa shape index (κ3) is 4.32. The number of hydrogen-bond acceptors (Lipinski definition) is 3. The van der Waals surface area contributed by atoms with Crippen LogP contribution in [-0.2, 0) is 11.3 Å². The van der Waals surface area contributed by atoms with Gasteiger partial charge in [0.05, 0.1) is 12.1 Å². The summed E-state index contributed by atoms with van der Waals surface area (Å²) in [5.41, 5.74) is 0. The fourth-order valence-corrected chi connectivity index (χ4v) is 3.67. The van der Waals surface area contributed by atoms with Gasteiger partial charge in [-0.2, -0.15) is 5.10 Å². The van der Waals surface area contributed by atoms with Crippen molar-refractivity contribution in [2.75, 3.05) is 31.5 Å². The zero-order chi connectivity index (χ0) is 17.6. The first-order valence-electron chi connectivity index (χ1n) is 9.55. The third-order valence-electron chi connectivity index (χ3n) is 5.15. The van der Waals surface area contributed by atoms with Crippen molar-refractivity contribution in [2.24, 2.45) is 5.92 Å². The molecule has 3 amide bonds. The van der Waals surface area contributed by atoms with Crippen molar-refractivity contribution in [1.29, 1.82) is 0 Å². The molecule has 1 atom stereocenters. The van der Waals surface area contributed by atoms with E-state index in [2.05, 4.69) is 17.3 Å². The molecular formula is C18H29N5O2. The number of urea groups is 1. The van der Waals surface area contributed by atoms with Crippen LogP contribution in [0.15, 0.2) is 12.3 Å². The van der Waals surface area contributed by atoms with Gasteiger partial charge in [-0.15, -0.1) is 0 Å². The van der Waals surface area contributed by atoms with Gasteiger partial charge in [0, 0.05) is 38.8 Å². The van der Waals surface area contributed by atoms with Gasteiger partial charge in [0.1, 0.15) is 5.82 Å². The number of nitrogens with one attached hydrogen (secondary N) is 1. The largest absolute Gasteiger partial charge is 0.342 e. The first-order valence-corrected chi connectivity index (χ1v) is 9.55. The molecule has 3 heterocycles. The number of carbonyl (C=O) groups excluding carboxylic acids is 2. The van der Waals surface area contributed by atoms with Crippen LogP contribution in [-0.4, -0.2) is 57.7 Å². The summed E-state index contributed by atoms with van der Waals surface area (Å²) in [6, 6.07) is 1.70. The van der Waals surface area contributed by atoms with E-state index >= 15 is 0 Å². The van der Waals surface area contributed by atoms with E-state index in [0.29, 0.717) is 13.1 Å². The lowest BCUT2D eigenvalue weighted by Crippen LogP contribution is -2.47. The average molecular weight is 347 g/mol. The molecular weight excluding hydrogens is 318 g/mol. The Bertz CT molecular complexity index is 594. The number of piperidine rings is 1. The molecule has 0 saturated carbocycles. The second-order valence-corrected chi connectivity index (χ2v) is 7.04. The summed E-state index contributed by atoms with van der Waals surface area (Å²) in [6.07, 6.45) is 7.79. The van der Waals surface area contributed by atoms with Gasteiger partial charge in [-0.3, -0.25) is 10.1 Å². The molecule has 1 aromatic rings. The predicted molar refractivity (Wildman–Crippen MR) is 96.3 cm³/mol. The van der Waals surface area contributed by atoms with E-state index in [9.17, 15) is 9.59 Å². The summed E-state index contributed by atoms with van der Waals surface area (Å²) in [7, 11) is 0. The maximum absolute atomic E-state index is 12.6. The van der Waals surface area contributed by atoms with Gasteiger partial charge >= 0.3 is 6.03 Å². The molecule has 7 heteroatoms. The Morgan fingerprint density at radius 1 is 1.20 bits per heavy atom. The SMILES string of the molecule is CCCCn1nccc1NC(=O)N1CCC[C@H](C(=O)N2CCCC2)C1. The predicted octanol–water partition coefficient (Wildman–Crippen LogP) is 2.55. The highest BCUT2D eigenvalue weighted by Gasteiger charge is 2.32. The molecule has 1 aromatic heterocycles. The lowest BCUT2D eigenvalue weighted by Gasteiger charge is -2.33. The molecule has 2 aliphatic heterocycles. The van der Waals surface area contributed by atoms with Crippen LogP contribution < -0.4 is 5.32 Å². The van der Waals surface area contributed by atoms with Crippen LogP contribution in [0, 0.1) is 5.92 Å². The van der Waals surface area contributed by atoms with Crippen LogP contribution in [0.25, 0.3) is 0 Å². The number of anilines is 1. The van der Waals surface area contributed by atoms with Crippen molar-refractivity contribution in [1.82, 2.24) is 19.6 Å². The van der Waals surface area contributed by atoms with Crippen molar-refractivity contribution in [3.05, 3.63) is 12.3 Å². The first-order chi connectivity index (χ1) is 12.2. The molecule has 7 nitrogen and oxygen atoms in total. The van der Waals surface area contributed by atoms with Crippen LogP contribution in [0.3, 0.4) is 0 Å². The van der Waals surface area contributed by atoms with Crippen molar-refractivity contribution >= 4 is 17.8 Å². The Morgan fingerprint density at radius 3 is 2.72 bits per heavy atom. The van der Waals surface area contributed by atoms with Crippen molar-refractivity contribution in [2.45, 2.75) is 52.0 Å². The van der Waals surface area contributed by atoms with Gasteiger partial charge in [0.2, 0.25) is 5.91 Å². The molecule has 25 heavy (non-hydrogen) atoms. The second-order valence-electron chi connectivity index (χ2n) is 7.04. The van der Waals surface area contributed by atoms with E-state index in [1.807, 2.05) is 15.6 Å². The van der Waals surface area contributed by atoms with Crippen LogP contribution in [0.2, 0.25) is 0 Å². The van der Waals surface area contributed by atoms with Gasteiger partial charge < -0.3 is 9.80 Å². The Morgan fingerprint density at radius 2 is 1.96 bits per heavy atom. The Labute approximate surface area is 149 Å². The van der Waals surface area contributed by atoms with E-state index in [0.717, 1.165) is 64.0 Å². The number of nitrogens with zero attached hydrogens (tertiary/aromatic N) is 4. The normalized spacial score (nSPS) is 20.8. The molecule has 0 aromatic carbocycles. The minimum absolute atomic E-state index is 0.0531. The molecule has 0 spiro atoms. The fourth-order valence-electron chi connectivity index (χ4n) is 3.67. The topological polar surface area (TPSA) is 70.5 Å². The Hall–Kier alpha value is -2.05. The van der Waals surface area contributed by atoms with Gasteiger partial charge in [-0.25, -0.2) is 9.48 Å². The molecule has 0 bridgehead atoms. The van der Waals surface area contributed by atoms with E-state index in [4.69, 9.17) is 0 Å². The number of likely N-dealkylation sites (tertiary alicyclic amines) is 2. The molecule has 2 aliphatic rings. The fraction of sp³-hybridized carbons (Fsp3) is 0.722. The summed E-state index contributed by atoms with van der Waals surface area (Å²) in [4.78, 5) is 29.0. The number of aromatic nitrogens is 2. The number of rotatable bonds is 5. The molecule has 0 radical (unpaired) electrons. The molecule has 2 saturated heterocycles. The number of amides is 3. The van der Waals surface area contributed by atoms with E-state index in [-0.39, 0.29) is 17.9 Å². The first kappa shape index (κ1) is 17.8. The van der Waals surface area contributed by atoms with Crippen LogP contribution in [0.1, 0.15) is 45.4 Å². The molecule has 0 unspecified atom stereocenters. The highest BCUT2D eigenvalue weighted by atomic mass is 16.2. The van der Waals surface area contributed by atoms with Crippen molar-refractivity contribution in [3.63, 3.8) is 0 Å².